The van der Waals surface area contributed by atoms with E-state index in [9.17, 15) is 22.4 Å². The van der Waals surface area contributed by atoms with E-state index < -0.39 is 23.6 Å². The van der Waals surface area contributed by atoms with Gasteiger partial charge in [0.15, 0.2) is 0 Å². The molecule has 1 aromatic carbocycles. The zero-order valence-corrected chi connectivity index (χ0v) is 15.6. The molecule has 0 aliphatic carbocycles. The van der Waals surface area contributed by atoms with Crippen LogP contribution in [0.1, 0.15) is 10.4 Å². The molecule has 2 aromatic heterocycles. The monoisotopic (exact) mass is 418 g/mol. The van der Waals surface area contributed by atoms with Gasteiger partial charge in [-0.05, 0) is 24.3 Å². The molecule has 0 spiro atoms. The molecule has 0 aliphatic rings. The Morgan fingerprint density at radius 1 is 1.20 bits per heavy atom. The van der Waals surface area contributed by atoms with Crippen molar-refractivity contribution in [2.45, 2.75) is 6.18 Å². The Bertz CT molecular complexity index is 1160. The highest BCUT2D eigenvalue weighted by Crippen LogP contribution is 2.25. The van der Waals surface area contributed by atoms with Crippen molar-refractivity contribution in [2.75, 3.05) is 7.05 Å². The van der Waals surface area contributed by atoms with Crippen LogP contribution in [0, 0.1) is 11.2 Å². The third-order valence-electron chi connectivity index (χ3n) is 4.20. The van der Waals surface area contributed by atoms with Crippen LogP contribution in [-0.2, 0) is 0 Å². The zero-order valence-electron chi connectivity index (χ0n) is 15.6. The number of quaternary nitrogens is 1. The second-order valence-corrected chi connectivity index (χ2v) is 6.24. The highest BCUT2D eigenvalue weighted by molar-refractivity contribution is 6.01. The van der Waals surface area contributed by atoms with Crippen molar-refractivity contribution in [2.24, 2.45) is 0 Å². The Morgan fingerprint density at radius 3 is 2.63 bits per heavy atom. The summed E-state index contributed by atoms with van der Waals surface area (Å²) in [6.45, 7) is 0. The smallest absolute Gasteiger partial charge is 0.301 e. The lowest BCUT2D eigenvalue weighted by Crippen LogP contribution is -2.81. The van der Waals surface area contributed by atoms with E-state index >= 15 is 0 Å². The summed E-state index contributed by atoms with van der Waals surface area (Å²) in [6.07, 6.45) is -0.255. The SMILES string of the molecule is C[NH2+]/C(=C\C(=N)C(F)(F)F)NC(=O)c1ccc2cc(-c3ccncc3F)cnc2c1. The molecule has 2 heterocycles. The highest BCUT2D eigenvalue weighted by atomic mass is 19.4. The van der Waals surface area contributed by atoms with E-state index in [1.165, 1.54) is 43.0 Å². The Kier molecular flexibility index (Phi) is 5.88. The number of fused-ring (bicyclic) bond motifs is 1. The molecule has 6 nitrogen and oxygen atoms in total. The molecule has 0 bridgehead atoms. The zero-order chi connectivity index (χ0) is 21.9. The molecular weight excluding hydrogens is 402 g/mol. The van der Waals surface area contributed by atoms with Gasteiger partial charge in [0.05, 0.1) is 18.8 Å². The predicted molar refractivity (Wildman–Crippen MR) is 102 cm³/mol. The summed E-state index contributed by atoms with van der Waals surface area (Å²) >= 11 is 0. The van der Waals surface area contributed by atoms with E-state index in [1.54, 1.807) is 12.1 Å². The average Bonchev–Trinajstić information content (AvgIpc) is 2.72. The van der Waals surface area contributed by atoms with Gasteiger partial charge in [-0.25, -0.2) is 4.39 Å². The van der Waals surface area contributed by atoms with Crippen LogP contribution >= 0.6 is 0 Å². The molecular formula is C20H16F4N5O+. The van der Waals surface area contributed by atoms with Crippen LogP contribution in [0.15, 0.2) is 60.8 Å². The molecule has 1 amide bonds. The minimum Gasteiger partial charge on any atom is -0.301 e. The number of halogens is 4. The highest BCUT2D eigenvalue weighted by Gasteiger charge is 2.33. The molecule has 0 radical (unpaired) electrons. The summed E-state index contributed by atoms with van der Waals surface area (Å²) in [7, 11) is 1.44. The van der Waals surface area contributed by atoms with Gasteiger partial charge in [-0.3, -0.25) is 25.5 Å². The van der Waals surface area contributed by atoms with E-state index in [-0.39, 0.29) is 11.4 Å². The predicted octanol–water partition coefficient (Wildman–Crippen LogP) is 2.78. The fourth-order valence-electron chi connectivity index (χ4n) is 2.65. The number of hydrogen-bond acceptors (Lipinski definition) is 4. The van der Waals surface area contributed by atoms with Crippen LogP contribution < -0.4 is 10.6 Å². The fourth-order valence-corrected chi connectivity index (χ4v) is 2.65. The average molecular weight is 418 g/mol. The van der Waals surface area contributed by atoms with Gasteiger partial charge in [0.2, 0.25) is 5.82 Å². The first-order chi connectivity index (χ1) is 14.2. The Labute approximate surface area is 168 Å². The molecule has 0 atom stereocenters. The minimum atomic E-state index is -4.81. The minimum absolute atomic E-state index is 0.154. The van der Waals surface area contributed by atoms with Crippen molar-refractivity contribution in [3.63, 3.8) is 0 Å². The van der Waals surface area contributed by atoms with E-state index in [0.29, 0.717) is 28.1 Å². The molecule has 3 rings (SSSR count). The molecule has 30 heavy (non-hydrogen) atoms. The maximum absolute atomic E-state index is 13.9. The number of aromatic nitrogens is 2. The Hall–Kier alpha value is -3.66. The van der Waals surface area contributed by atoms with E-state index in [2.05, 4.69) is 15.3 Å². The van der Waals surface area contributed by atoms with E-state index in [1.807, 2.05) is 0 Å². The van der Waals surface area contributed by atoms with Crippen molar-refractivity contribution in [1.82, 2.24) is 15.3 Å². The van der Waals surface area contributed by atoms with Crippen molar-refractivity contribution in [3.05, 3.63) is 72.2 Å². The number of carbonyl (C=O) groups excluding carboxylic acids is 1. The van der Waals surface area contributed by atoms with E-state index in [0.717, 1.165) is 6.20 Å². The quantitative estimate of drug-likeness (QED) is 0.439. The summed E-state index contributed by atoms with van der Waals surface area (Å²) < 4.78 is 51.5. The first kappa shape index (κ1) is 21.1. The number of carbonyl (C=O) groups is 1. The van der Waals surface area contributed by atoms with Crippen LogP contribution in [0.25, 0.3) is 22.0 Å². The van der Waals surface area contributed by atoms with Crippen LogP contribution in [0.2, 0.25) is 0 Å². The summed E-state index contributed by atoms with van der Waals surface area (Å²) in [6, 6.07) is 7.79. The van der Waals surface area contributed by atoms with Crippen LogP contribution in [0.3, 0.4) is 0 Å². The lowest BCUT2D eigenvalue weighted by atomic mass is 10.0. The molecule has 10 heteroatoms. The standard InChI is InChI=1S/C20H15F4N5O/c1-26-18(8-17(25)20(22,23)24)29-19(30)12-3-2-11-6-13(9-28-16(11)7-12)14-4-5-27-10-15(14)21/h2-10,25-26H,1H3,(H,29,30)/p+1/b18-8+,25-17?. The number of pyridine rings is 2. The van der Waals surface area contributed by atoms with Crippen LogP contribution in [0.5, 0.6) is 0 Å². The Morgan fingerprint density at radius 2 is 1.97 bits per heavy atom. The number of alkyl halides is 3. The van der Waals surface area contributed by atoms with Gasteiger partial charge in [-0.15, -0.1) is 0 Å². The number of hydrogen-bond donors (Lipinski definition) is 3. The topological polar surface area (TPSA) is 95.3 Å². The van der Waals surface area contributed by atoms with Crippen molar-refractivity contribution in [3.8, 4) is 11.1 Å². The second-order valence-electron chi connectivity index (χ2n) is 6.24. The maximum Gasteiger partial charge on any atom is 0.432 e. The number of nitrogens with zero attached hydrogens (tertiary/aromatic N) is 2. The third-order valence-corrected chi connectivity index (χ3v) is 4.20. The normalized spacial score (nSPS) is 12.1. The van der Waals surface area contributed by atoms with E-state index in [4.69, 9.17) is 5.41 Å². The largest absolute Gasteiger partial charge is 0.432 e. The third kappa shape index (κ3) is 4.66. The Balaban J connectivity index is 1.85. The maximum atomic E-state index is 13.9. The van der Waals surface area contributed by atoms with Crippen molar-refractivity contribution >= 4 is 22.5 Å². The van der Waals surface area contributed by atoms with Crippen LogP contribution in [0.4, 0.5) is 17.6 Å². The molecule has 4 N–H and O–H groups in total. The lowest BCUT2D eigenvalue weighted by Gasteiger charge is -2.09. The van der Waals surface area contributed by atoms with Crippen LogP contribution in [-0.4, -0.2) is 34.8 Å². The number of nitrogens with two attached hydrogens (primary N) is 1. The molecule has 154 valence electrons. The van der Waals surface area contributed by atoms with Crippen molar-refractivity contribution in [1.29, 1.82) is 5.41 Å². The first-order valence-electron chi connectivity index (χ1n) is 8.67. The molecule has 3 aromatic rings. The molecule has 0 aliphatic heterocycles. The summed E-state index contributed by atoms with van der Waals surface area (Å²) in [4.78, 5) is 20.4. The van der Waals surface area contributed by atoms with Gasteiger partial charge >= 0.3 is 6.18 Å². The number of benzene rings is 1. The number of amides is 1. The lowest BCUT2D eigenvalue weighted by molar-refractivity contribution is -0.580. The van der Waals surface area contributed by atoms with Crippen molar-refractivity contribution < 1.29 is 27.7 Å². The van der Waals surface area contributed by atoms with Gasteiger partial charge in [0, 0.05) is 40.5 Å². The molecule has 0 fully saturated rings. The van der Waals surface area contributed by atoms with Gasteiger partial charge in [-0.2, -0.15) is 13.2 Å². The molecule has 0 unspecified atom stereocenters. The van der Waals surface area contributed by atoms with Gasteiger partial charge < -0.3 is 5.32 Å². The first-order valence-corrected chi connectivity index (χ1v) is 8.67. The number of nitrogens with one attached hydrogen (secondary N) is 2. The van der Waals surface area contributed by atoms with Gasteiger partial charge in [0.25, 0.3) is 5.91 Å². The molecule has 0 saturated heterocycles. The van der Waals surface area contributed by atoms with Gasteiger partial charge in [-0.1, -0.05) is 6.07 Å². The summed E-state index contributed by atoms with van der Waals surface area (Å²) in [5, 5.41) is 11.3. The second kappa shape index (κ2) is 8.37. The fraction of sp³-hybridized carbons (Fsp3) is 0.100. The number of rotatable bonds is 5. The summed E-state index contributed by atoms with van der Waals surface area (Å²) in [5.41, 5.74) is -0.0800. The summed E-state index contributed by atoms with van der Waals surface area (Å²) in [5.74, 6) is -1.30. The number of allylic oxidation sites excluding steroid dienone is 1. The molecule has 0 saturated carbocycles. The van der Waals surface area contributed by atoms with Gasteiger partial charge in [0.1, 0.15) is 11.5 Å².